The van der Waals surface area contributed by atoms with Crippen molar-refractivity contribution in [3.05, 3.63) is 28.8 Å². The van der Waals surface area contributed by atoms with Gasteiger partial charge in [-0.05, 0) is 24.6 Å². The standard InChI is InChI=1S/C13H19ClN2O2/c1-2-3-6-17-7-8-18-12-9-10(14)4-5-11(12)13(15)16/h4-5,9H,2-3,6-8H2,1H3,(H3,15,16). The topological polar surface area (TPSA) is 68.3 Å². The van der Waals surface area contributed by atoms with E-state index in [1.807, 2.05) is 0 Å². The fraction of sp³-hybridized carbons (Fsp3) is 0.462. The third-order valence-electron chi connectivity index (χ3n) is 2.36. The Hall–Kier alpha value is -1.26. The monoisotopic (exact) mass is 270 g/mol. The molecule has 0 aromatic heterocycles. The van der Waals surface area contributed by atoms with Crippen molar-refractivity contribution in [3.63, 3.8) is 0 Å². The number of ether oxygens (including phenoxy) is 2. The maximum Gasteiger partial charge on any atom is 0.131 e. The molecule has 0 fully saturated rings. The second-order valence-corrected chi connectivity index (χ2v) is 4.30. The zero-order chi connectivity index (χ0) is 13.4. The Morgan fingerprint density at radius 3 is 2.78 bits per heavy atom. The summed E-state index contributed by atoms with van der Waals surface area (Å²) in [7, 11) is 0. The van der Waals surface area contributed by atoms with Gasteiger partial charge in [-0.1, -0.05) is 24.9 Å². The van der Waals surface area contributed by atoms with Crippen LogP contribution < -0.4 is 10.5 Å². The molecule has 0 saturated carbocycles. The number of hydrogen-bond donors (Lipinski definition) is 2. The van der Waals surface area contributed by atoms with E-state index in [4.69, 9.17) is 32.2 Å². The highest BCUT2D eigenvalue weighted by atomic mass is 35.5. The van der Waals surface area contributed by atoms with Gasteiger partial charge in [0.1, 0.15) is 18.2 Å². The zero-order valence-electron chi connectivity index (χ0n) is 10.5. The fourth-order valence-corrected chi connectivity index (χ4v) is 1.56. The van der Waals surface area contributed by atoms with Gasteiger partial charge in [0, 0.05) is 11.6 Å². The minimum absolute atomic E-state index is 0.0337. The molecular formula is C13H19ClN2O2. The summed E-state index contributed by atoms with van der Waals surface area (Å²) in [5.74, 6) is 0.489. The number of nitrogens with two attached hydrogens (primary N) is 1. The lowest BCUT2D eigenvalue weighted by Crippen LogP contribution is -2.15. The lowest BCUT2D eigenvalue weighted by Gasteiger charge is -2.11. The Morgan fingerprint density at radius 2 is 2.11 bits per heavy atom. The number of halogens is 1. The first-order valence-electron chi connectivity index (χ1n) is 5.99. The van der Waals surface area contributed by atoms with Gasteiger partial charge in [-0.15, -0.1) is 0 Å². The Kier molecular flexibility index (Phi) is 6.54. The minimum Gasteiger partial charge on any atom is -0.490 e. The van der Waals surface area contributed by atoms with E-state index in [-0.39, 0.29) is 5.84 Å². The van der Waals surface area contributed by atoms with E-state index >= 15 is 0 Å². The molecule has 0 spiro atoms. The van der Waals surface area contributed by atoms with Crippen molar-refractivity contribution in [1.82, 2.24) is 0 Å². The Morgan fingerprint density at radius 1 is 1.33 bits per heavy atom. The number of nitrogen functional groups attached to an aromatic ring is 1. The molecule has 0 heterocycles. The van der Waals surface area contributed by atoms with E-state index in [1.165, 1.54) is 0 Å². The number of unbranched alkanes of at least 4 members (excludes halogenated alkanes) is 1. The maximum atomic E-state index is 7.44. The summed E-state index contributed by atoms with van der Waals surface area (Å²) in [6.45, 7) is 3.80. The van der Waals surface area contributed by atoms with Gasteiger partial charge in [0.2, 0.25) is 0 Å². The molecule has 0 amide bonds. The van der Waals surface area contributed by atoms with Gasteiger partial charge < -0.3 is 15.2 Å². The molecule has 0 aliphatic heterocycles. The molecule has 18 heavy (non-hydrogen) atoms. The predicted molar refractivity (Wildman–Crippen MR) is 73.7 cm³/mol. The van der Waals surface area contributed by atoms with Gasteiger partial charge in [-0.25, -0.2) is 0 Å². The Labute approximate surface area is 113 Å². The van der Waals surface area contributed by atoms with Crippen LogP contribution in [0.3, 0.4) is 0 Å². The summed E-state index contributed by atoms with van der Waals surface area (Å²) in [4.78, 5) is 0. The van der Waals surface area contributed by atoms with E-state index in [1.54, 1.807) is 18.2 Å². The van der Waals surface area contributed by atoms with Crippen LogP contribution in [0.4, 0.5) is 0 Å². The Balaban J connectivity index is 2.45. The smallest absolute Gasteiger partial charge is 0.131 e. The number of hydrogen-bond acceptors (Lipinski definition) is 3. The number of nitrogens with one attached hydrogen (secondary N) is 1. The van der Waals surface area contributed by atoms with Crippen molar-refractivity contribution in [2.24, 2.45) is 5.73 Å². The third-order valence-corrected chi connectivity index (χ3v) is 2.60. The average molecular weight is 271 g/mol. The molecule has 1 aromatic carbocycles. The van der Waals surface area contributed by atoms with Crippen LogP contribution in [0.5, 0.6) is 5.75 Å². The zero-order valence-corrected chi connectivity index (χ0v) is 11.3. The van der Waals surface area contributed by atoms with Gasteiger partial charge >= 0.3 is 0 Å². The SMILES string of the molecule is CCCCOCCOc1cc(Cl)ccc1C(=N)N. The molecule has 0 unspecified atom stereocenters. The molecule has 0 aliphatic carbocycles. The van der Waals surface area contributed by atoms with Crippen LogP contribution in [0.25, 0.3) is 0 Å². The van der Waals surface area contributed by atoms with Crippen molar-refractivity contribution in [2.75, 3.05) is 19.8 Å². The summed E-state index contributed by atoms with van der Waals surface area (Å²) in [6.07, 6.45) is 2.17. The van der Waals surface area contributed by atoms with Crippen molar-refractivity contribution >= 4 is 17.4 Å². The van der Waals surface area contributed by atoms with Crippen LogP contribution in [0.1, 0.15) is 25.3 Å². The molecular weight excluding hydrogens is 252 g/mol. The minimum atomic E-state index is -0.0337. The summed E-state index contributed by atoms with van der Waals surface area (Å²) >= 11 is 5.88. The molecule has 100 valence electrons. The molecule has 0 aliphatic rings. The van der Waals surface area contributed by atoms with Crippen molar-refractivity contribution < 1.29 is 9.47 Å². The van der Waals surface area contributed by atoms with Crippen molar-refractivity contribution in [3.8, 4) is 5.75 Å². The number of rotatable bonds is 8. The van der Waals surface area contributed by atoms with Crippen molar-refractivity contribution in [1.29, 1.82) is 5.41 Å². The maximum absolute atomic E-state index is 7.44. The summed E-state index contributed by atoms with van der Waals surface area (Å²) in [5.41, 5.74) is 6.01. The largest absolute Gasteiger partial charge is 0.490 e. The average Bonchev–Trinajstić information content (AvgIpc) is 2.33. The second-order valence-electron chi connectivity index (χ2n) is 3.87. The van der Waals surface area contributed by atoms with Gasteiger partial charge in [0.25, 0.3) is 0 Å². The third kappa shape index (κ3) is 4.94. The Bertz CT molecular complexity index is 397. The summed E-state index contributed by atoms with van der Waals surface area (Å²) in [5, 5.41) is 8.00. The van der Waals surface area contributed by atoms with Crippen LogP contribution in [-0.2, 0) is 4.74 Å². The number of amidine groups is 1. The molecule has 0 bridgehead atoms. The van der Waals surface area contributed by atoms with Crippen LogP contribution in [-0.4, -0.2) is 25.7 Å². The molecule has 5 heteroatoms. The first kappa shape index (κ1) is 14.8. The van der Waals surface area contributed by atoms with Gasteiger partial charge in [-0.2, -0.15) is 0 Å². The van der Waals surface area contributed by atoms with Gasteiger partial charge in [-0.3, -0.25) is 5.41 Å². The predicted octanol–water partition coefficient (Wildman–Crippen LogP) is 2.82. The highest BCUT2D eigenvalue weighted by molar-refractivity contribution is 6.30. The quantitative estimate of drug-likeness (QED) is 0.434. The first-order chi connectivity index (χ1) is 8.65. The molecule has 0 radical (unpaired) electrons. The molecule has 4 nitrogen and oxygen atoms in total. The molecule has 3 N–H and O–H groups in total. The van der Waals surface area contributed by atoms with E-state index in [0.717, 1.165) is 19.4 Å². The lowest BCUT2D eigenvalue weighted by atomic mass is 10.2. The highest BCUT2D eigenvalue weighted by Crippen LogP contribution is 2.22. The number of benzene rings is 1. The molecule has 1 aromatic rings. The van der Waals surface area contributed by atoms with Crippen LogP contribution >= 0.6 is 11.6 Å². The molecule has 0 atom stereocenters. The van der Waals surface area contributed by atoms with Crippen LogP contribution in [0, 0.1) is 5.41 Å². The van der Waals surface area contributed by atoms with Crippen LogP contribution in [0.2, 0.25) is 5.02 Å². The van der Waals surface area contributed by atoms with E-state index in [2.05, 4.69) is 6.92 Å². The van der Waals surface area contributed by atoms with E-state index in [9.17, 15) is 0 Å². The second kappa shape index (κ2) is 7.95. The normalized spacial score (nSPS) is 10.3. The van der Waals surface area contributed by atoms with E-state index in [0.29, 0.717) is 29.5 Å². The lowest BCUT2D eigenvalue weighted by molar-refractivity contribution is 0.0980. The fourth-order valence-electron chi connectivity index (χ4n) is 1.40. The molecule has 0 saturated heterocycles. The molecule has 1 rings (SSSR count). The summed E-state index contributed by atoms with van der Waals surface area (Å²) in [6, 6.07) is 5.02. The van der Waals surface area contributed by atoms with Crippen LogP contribution in [0.15, 0.2) is 18.2 Å². The van der Waals surface area contributed by atoms with Crippen molar-refractivity contribution in [2.45, 2.75) is 19.8 Å². The van der Waals surface area contributed by atoms with E-state index < -0.39 is 0 Å². The van der Waals surface area contributed by atoms with Gasteiger partial charge in [0.15, 0.2) is 0 Å². The highest BCUT2D eigenvalue weighted by Gasteiger charge is 2.07. The van der Waals surface area contributed by atoms with Gasteiger partial charge in [0.05, 0.1) is 12.2 Å². The first-order valence-corrected chi connectivity index (χ1v) is 6.37. The summed E-state index contributed by atoms with van der Waals surface area (Å²) < 4.78 is 10.9.